The minimum atomic E-state index is -0.678. The van der Waals surface area contributed by atoms with E-state index in [-0.39, 0.29) is 36.9 Å². The van der Waals surface area contributed by atoms with Crippen LogP contribution in [-0.2, 0) is 14.3 Å². The largest absolute Gasteiger partial charge is 0.453 e. The normalized spacial score (nSPS) is 13.9. The van der Waals surface area contributed by atoms with Crippen LogP contribution in [0.25, 0.3) is 0 Å². The van der Waals surface area contributed by atoms with Gasteiger partial charge in [0, 0.05) is 18.4 Å². The van der Waals surface area contributed by atoms with Gasteiger partial charge in [0.15, 0.2) is 6.61 Å². The fourth-order valence-corrected chi connectivity index (χ4v) is 3.02. The molecule has 6 heteroatoms. The van der Waals surface area contributed by atoms with E-state index in [0.29, 0.717) is 11.3 Å². The molecule has 3 rings (SSSR count). The molecular formula is C22H22N2O4. The third-order valence-electron chi connectivity index (χ3n) is 4.74. The molecule has 0 aromatic heterocycles. The van der Waals surface area contributed by atoms with E-state index in [1.807, 2.05) is 39.0 Å². The van der Waals surface area contributed by atoms with Crippen molar-refractivity contribution < 1.29 is 19.1 Å². The van der Waals surface area contributed by atoms with Crippen LogP contribution in [0.1, 0.15) is 39.9 Å². The molecule has 0 spiro atoms. The lowest BCUT2D eigenvalue weighted by Gasteiger charge is -2.22. The number of esters is 1. The number of para-hydroxylation sites is 1. The van der Waals surface area contributed by atoms with Crippen LogP contribution < -0.4 is 5.01 Å². The van der Waals surface area contributed by atoms with E-state index in [1.165, 1.54) is 5.01 Å². The minimum Gasteiger partial charge on any atom is -0.453 e. The maximum Gasteiger partial charge on any atom is 0.354 e. The van der Waals surface area contributed by atoms with Gasteiger partial charge in [-0.2, -0.15) is 5.10 Å². The topological polar surface area (TPSA) is 76.0 Å². The van der Waals surface area contributed by atoms with Gasteiger partial charge in [-0.3, -0.25) is 9.59 Å². The first-order valence-electron chi connectivity index (χ1n) is 9.10. The Bertz CT molecular complexity index is 964. The Labute approximate surface area is 163 Å². The van der Waals surface area contributed by atoms with Crippen LogP contribution in [-0.4, -0.2) is 30.0 Å². The summed E-state index contributed by atoms with van der Waals surface area (Å²) >= 11 is 0. The van der Waals surface area contributed by atoms with E-state index < -0.39 is 5.97 Å². The Morgan fingerprint density at radius 1 is 1.00 bits per heavy atom. The summed E-state index contributed by atoms with van der Waals surface area (Å²) in [5.41, 5.74) is 4.22. The number of ketones is 1. The number of nitrogens with zero attached hydrogens (tertiary/aromatic N) is 2. The summed E-state index contributed by atoms with van der Waals surface area (Å²) < 4.78 is 5.19. The zero-order valence-electron chi connectivity index (χ0n) is 16.2. The molecule has 0 atom stereocenters. The SMILES string of the molecule is Cc1cc(C)c(C(=O)COC(=O)C2=NN(c3ccccc3)C(=O)CC2)cc1C. The van der Waals surface area contributed by atoms with E-state index in [9.17, 15) is 14.4 Å². The standard InChI is InChI=1S/C22H22N2O4/c1-14-11-16(3)18(12-15(14)2)20(25)13-28-22(27)19-9-10-21(26)24(23-19)17-7-5-4-6-8-17/h4-8,11-12H,9-10,13H2,1-3H3. The molecule has 1 aliphatic rings. The highest BCUT2D eigenvalue weighted by Gasteiger charge is 2.27. The van der Waals surface area contributed by atoms with Crippen molar-refractivity contribution in [2.24, 2.45) is 5.10 Å². The van der Waals surface area contributed by atoms with Crippen molar-refractivity contribution in [3.63, 3.8) is 0 Å². The van der Waals surface area contributed by atoms with Crippen LogP contribution in [0.15, 0.2) is 47.6 Å². The lowest BCUT2D eigenvalue weighted by atomic mass is 9.98. The van der Waals surface area contributed by atoms with Gasteiger partial charge in [0.1, 0.15) is 5.71 Å². The molecule has 0 unspecified atom stereocenters. The van der Waals surface area contributed by atoms with Crippen molar-refractivity contribution >= 4 is 29.1 Å². The molecule has 2 aromatic rings. The Morgan fingerprint density at radius 3 is 2.39 bits per heavy atom. The van der Waals surface area contributed by atoms with Crippen molar-refractivity contribution in [2.45, 2.75) is 33.6 Å². The first-order chi connectivity index (χ1) is 13.4. The zero-order valence-corrected chi connectivity index (χ0v) is 16.2. The lowest BCUT2D eigenvalue weighted by Crippen LogP contribution is -2.35. The van der Waals surface area contributed by atoms with Crippen LogP contribution in [0, 0.1) is 20.8 Å². The number of hydrogen-bond acceptors (Lipinski definition) is 5. The van der Waals surface area contributed by atoms with Gasteiger partial charge in [-0.25, -0.2) is 9.80 Å². The molecule has 0 radical (unpaired) electrons. The second kappa shape index (κ2) is 8.17. The highest BCUT2D eigenvalue weighted by molar-refractivity contribution is 6.38. The third-order valence-corrected chi connectivity index (χ3v) is 4.74. The summed E-state index contributed by atoms with van der Waals surface area (Å²) in [5, 5.41) is 5.35. The number of aryl methyl sites for hydroxylation is 3. The van der Waals surface area contributed by atoms with Crippen LogP contribution in [0.5, 0.6) is 0 Å². The van der Waals surface area contributed by atoms with E-state index in [4.69, 9.17) is 4.74 Å². The predicted octanol–water partition coefficient (Wildman–Crippen LogP) is 3.52. The molecule has 0 N–H and O–H groups in total. The molecular weight excluding hydrogens is 356 g/mol. The first-order valence-corrected chi connectivity index (χ1v) is 9.10. The first kappa shape index (κ1) is 19.5. The number of Topliss-reactive ketones (excluding diaryl/α,β-unsaturated/α-hetero) is 1. The second-order valence-corrected chi connectivity index (χ2v) is 6.84. The van der Waals surface area contributed by atoms with Crippen molar-refractivity contribution in [2.75, 3.05) is 11.6 Å². The van der Waals surface area contributed by atoms with Gasteiger partial charge < -0.3 is 4.74 Å². The smallest absolute Gasteiger partial charge is 0.354 e. The quantitative estimate of drug-likeness (QED) is 0.589. The molecule has 1 aliphatic heterocycles. The molecule has 1 amide bonds. The van der Waals surface area contributed by atoms with Crippen LogP contribution in [0.4, 0.5) is 5.69 Å². The van der Waals surface area contributed by atoms with Gasteiger partial charge in [-0.05, 0) is 55.7 Å². The van der Waals surface area contributed by atoms with Gasteiger partial charge in [-0.1, -0.05) is 24.3 Å². The number of benzene rings is 2. The Hall–Kier alpha value is -3.28. The average molecular weight is 378 g/mol. The number of hydrazone groups is 1. The van der Waals surface area contributed by atoms with Crippen molar-refractivity contribution in [1.82, 2.24) is 0 Å². The molecule has 0 aliphatic carbocycles. The summed E-state index contributed by atoms with van der Waals surface area (Å²) in [6, 6.07) is 12.6. The van der Waals surface area contributed by atoms with E-state index in [0.717, 1.165) is 16.7 Å². The number of carbonyl (C=O) groups is 3. The molecule has 28 heavy (non-hydrogen) atoms. The van der Waals surface area contributed by atoms with Crippen molar-refractivity contribution in [3.8, 4) is 0 Å². The number of amides is 1. The Kier molecular flexibility index (Phi) is 5.68. The molecule has 1 heterocycles. The lowest BCUT2D eigenvalue weighted by molar-refractivity contribution is -0.134. The molecule has 0 bridgehead atoms. The number of hydrogen-bond donors (Lipinski definition) is 0. The number of carbonyl (C=O) groups excluding carboxylic acids is 3. The average Bonchev–Trinajstić information content (AvgIpc) is 2.69. The molecule has 0 saturated heterocycles. The molecule has 2 aromatic carbocycles. The fraction of sp³-hybridized carbons (Fsp3) is 0.273. The number of anilines is 1. The number of rotatable bonds is 5. The maximum absolute atomic E-state index is 12.5. The minimum absolute atomic E-state index is 0.132. The second-order valence-electron chi connectivity index (χ2n) is 6.84. The summed E-state index contributed by atoms with van der Waals surface area (Å²) in [7, 11) is 0. The zero-order chi connectivity index (χ0) is 20.3. The van der Waals surface area contributed by atoms with Crippen molar-refractivity contribution in [1.29, 1.82) is 0 Å². The molecule has 144 valence electrons. The summed E-state index contributed by atoms with van der Waals surface area (Å²) in [6.07, 6.45) is 0.352. The van der Waals surface area contributed by atoms with Gasteiger partial charge in [0.2, 0.25) is 11.7 Å². The van der Waals surface area contributed by atoms with Crippen LogP contribution in [0.3, 0.4) is 0 Å². The Morgan fingerprint density at radius 2 is 1.68 bits per heavy atom. The van der Waals surface area contributed by atoms with E-state index in [1.54, 1.807) is 24.3 Å². The van der Waals surface area contributed by atoms with Crippen LogP contribution >= 0.6 is 0 Å². The van der Waals surface area contributed by atoms with Crippen LogP contribution in [0.2, 0.25) is 0 Å². The fourth-order valence-electron chi connectivity index (χ4n) is 3.02. The third kappa shape index (κ3) is 4.17. The highest BCUT2D eigenvalue weighted by atomic mass is 16.5. The monoisotopic (exact) mass is 378 g/mol. The molecule has 0 saturated carbocycles. The molecule has 0 fully saturated rings. The summed E-state index contributed by atoms with van der Waals surface area (Å²) in [4.78, 5) is 37.0. The predicted molar refractivity (Wildman–Crippen MR) is 107 cm³/mol. The summed E-state index contributed by atoms with van der Waals surface area (Å²) in [5.74, 6) is -1.13. The summed E-state index contributed by atoms with van der Waals surface area (Å²) in [6.45, 7) is 5.41. The van der Waals surface area contributed by atoms with E-state index >= 15 is 0 Å². The van der Waals surface area contributed by atoms with Gasteiger partial charge in [-0.15, -0.1) is 0 Å². The van der Waals surface area contributed by atoms with Crippen molar-refractivity contribution in [3.05, 3.63) is 64.7 Å². The maximum atomic E-state index is 12.5. The van der Waals surface area contributed by atoms with Gasteiger partial charge in [0.05, 0.1) is 5.69 Å². The molecule has 6 nitrogen and oxygen atoms in total. The van der Waals surface area contributed by atoms with Gasteiger partial charge in [0.25, 0.3) is 0 Å². The number of ether oxygens (including phenoxy) is 1. The van der Waals surface area contributed by atoms with Gasteiger partial charge >= 0.3 is 5.97 Å². The highest BCUT2D eigenvalue weighted by Crippen LogP contribution is 2.20. The Balaban J connectivity index is 1.70. The van der Waals surface area contributed by atoms with E-state index in [2.05, 4.69) is 5.10 Å².